The SMILES string of the molecule is CCC1(CC)C(=O)ON(C(=O)c2ccc(OC)cc2OC)C1=O. The Kier molecular flexibility index (Phi) is 4.58. The predicted octanol–water partition coefficient (Wildman–Crippen LogP) is 1.95. The lowest BCUT2D eigenvalue weighted by atomic mass is 9.82. The number of amides is 2. The maximum atomic E-state index is 12.6. The molecule has 23 heavy (non-hydrogen) atoms. The van der Waals surface area contributed by atoms with Crippen LogP contribution in [0.1, 0.15) is 37.0 Å². The molecule has 2 rings (SSSR count). The summed E-state index contributed by atoms with van der Waals surface area (Å²) in [7, 11) is 2.88. The van der Waals surface area contributed by atoms with E-state index in [-0.39, 0.29) is 24.2 Å². The Bertz CT molecular complexity index is 650. The number of hydrogen-bond acceptors (Lipinski definition) is 6. The molecular formula is C16H19NO6. The predicted molar refractivity (Wildman–Crippen MR) is 79.8 cm³/mol. The van der Waals surface area contributed by atoms with Gasteiger partial charge < -0.3 is 14.3 Å². The molecule has 1 aromatic rings. The van der Waals surface area contributed by atoms with Crippen molar-refractivity contribution in [3.63, 3.8) is 0 Å². The first-order valence-electron chi connectivity index (χ1n) is 7.28. The van der Waals surface area contributed by atoms with Gasteiger partial charge in [0.25, 0.3) is 11.8 Å². The molecule has 2 amide bonds. The van der Waals surface area contributed by atoms with Gasteiger partial charge in [0.2, 0.25) is 0 Å². The highest BCUT2D eigenvalue weighted by Crippen LogP contribution is 2.38. The summed E-state index contributed by atoms with van der Waals surface area (Å²) in [6.45, 7) is 3.43. The second-order valence-corrected chi connectivity index (χ2v) is 5.14. The van der Waals surface area contributed by atoms with E-state index in [1.54, 1.807) is 19.9 Å². The maximum Gasteiger partial charge on any atom is 0.348 e. The molecule has 1 aromatic carbocycles. The van der Waals surface area contributed by atoms with E-state index >= 15 is 0 Å². The van der Waals surface area contributed by atoms with Gasteiger partial charge in [0.05, 0.1) is 19.8 Å². The molecular weight excluding hydrogens is 302 g/mol. The largest absolute Gasteiger partial charge is 0.497 e. The van der Waals surface area contributed by atoms with Gasteiger partial charge in [0, 0.05) is 6.07 Å². The van der Waals surface area contributed by atoms with Crippen LogP contribution in [0.15, 0.2) is 18.2 Å². The number of imide groups is 1. The molecule has 1 aliphatic heterocycles. The Morgan fingerprint density at radius 2 is 1.83 bits per heavy atom. The molecule has 0 spiro atoms. The zero-order valence-electron chi connectivity index (χ0n) is 13.5. The summed E-state index contributed by atoms with van der Waals surface area (Å²) in [5.74, 6) is -1.36. The van der Waals surface area contributed by atoms with Crippen LogP contribution >= 0.6 is 0 Å². The van der Waals surface area contributed by atoms with Crippen LogP contribution in [-0.2, 0) is 14.4 Å². The van der Waals surface area contributed by atoms with Crippen LogP contribution in [0.25, 0.3) is 0 Å². The van der Waals surface area contributed by atoms with E-state index in [4.69, 9.17) is 14.3 Å². The van der Waals surface area contributed by atoms with Crippen molar-refractivity contribution in [3.05, 3.63) is 23.8 Å². The number of benzene rings is 1. The van der Waals surface area contributed by atoms with Gasteiger partial charge in [-0.15, -0.1) is 0 Å². The quantitative estimate of drug-likeness (QED) is 0.609. The summed E-state index contributed by atoms with van der Waals surface area (Å²) in [5, 5.41) is 0.527. The Balaban J connectivity index is 2.39. The number of carbonyl (C=O) groups is 3. The minimum absolute atomic E-state index is 0.109. The molecule has 0 N–H and O–H groups in total. The molecule has 7 nitrogen and oxygen atoms in total. The zero-order chi connectivity index (χ0) is 17.2. The third kappa shape index (κ3) is 2.52. The van der Waals surface area contributed by atoms with Crippen molar-refractivity contribution in [1.29, 1.82) is 0 Å². The molecule has 1 heterocycles. The van der Waals surface area contributed by atoms with Crippen molar-refractivity contribution < 1.29 is 28.7 Å². The fraction of sp³-hybridized carbons (Fsp3) is 0.438. The van der Waals surface area contributed by atoms with Crippen molar-refractivity contribution in [2.24, 2.45) is 5.41 Å². The summed E-state index contributed by atoms with van der Waals surface area (Å²) in [4.78, 5) is 42.2. The first-order chi connectivity index (χ1) is 10.9. The first kappa shape index (κ1) is 16.8. The second kappa shape index (κ2) is 6.28. The highest BCUT2D eigenvalue weighted by molar-refractivity contribution is 6.16. The summed E-state index contributed by atoms with van der Waals surface area (Å²) < 4.78 is 10.2. The van der Waals surface area contributed by atoms with Gasteiger partial charge in [-0.2, -0.15) is 0 Å². The van der Waals surface area contributed by atoms with Crippen molar-refractivity contribution in [3.8, 4) is 11.5 Å². The van der Waals surface area contributed by atoms with E-state index in [1.807, 2.05) is 0 Å². The van der Waals surface area contributed by atoms with Gasteiger partial charge in [-0.3, -0.25) is 9.59 Å². The number of methoxy groups -OCH3 is 2. The van der Waals surface area contributed by atoms with Crippen LogP contribution in [0.4, 0.5) is 0 Å². The third-order valence-corrected chi connectivity index (χ3v) is 4.19. The van der Waals surface area contributed by atoms with E-state index in [9.17, 15) is 14.4 Å². The molecule has 0 saturated carbocycles. The molecule has 1 fully saturated rings. The fourth-order valence-electron chi connectivity index (χ4n) is 2.55. The van der Waals surface area contributed by atoms with Crippen LogP contribution < -0.4 is 9.47 Å². The van der Waals surface area contributed by atoms with Gasteiger partial charge in [-0.05, 0) is 25.0 Å². The summed E-state index contributed by atoms with van der Waals surface area (Å²) >= 11 is 0. The number of ether oxygens (including phenoxy) is 2. The maximum absolute atomic E-state index is 12.6. The lowest BCUT2D eigenvalue weighted by Gasteiger charge is -2.18. The Hall–Kier alpha value is -2.57. The van der Waals surface area contributed by atoms with Gasteiger partial charge in [-0.25, -0.2) is 4.79 Å². The normalized spacial score (nSPS) is 16.3. The number of hydrogen-bond donors (Lipinski definition) is 0. The van der Waals surface area contributed by atoms with Crippen LogP contribution in [0.2, 0.25) is 0 Å². The lowest BCUT2D eigenvalue weighted by molar-refractivity contribution is -0.168. The summed E-state index contributed by atoms with van der Waals surface area (Å²) in [6.07, 6.45) is 0.537. The van der Waals surface area contributed by atoms with Crippen LogP contribution in [-0.4, -0.2) is 37.1 Å². The summed E-state index contributed by atoms with van der Waals surface area (Å²) in [5.41, 5.74) is -1.19. The van der Waals surface area contributed by atoms with E-state index in [0.29, 0.717) is 10.8 Å². The Morgan fingerprint density at radius 1 is 1.17 bits per heavy atom. The van der Waals surface area contributed by atoms with E-state index < -0.39 is 23.2 Å². The van der Waals surface area contributed by atoms with E-state index in [1.165, 1.54) is 26.4 Å². The van der Waals surface area contributed by atoms with Crippen LogP contribution in [0, 0.1) is 5.41 Å². The molecule has 0 atom stereocenters. The monoisotopic (exact) mass is 321 g/mol. The smallest absolute Gasteiger partial charge is 0.348 e. The van der Waals surface area contributed by atoms with Gasteiger partial charge in [0.1, 0.15) is 11.5 Å². The molecule has 0 aliphatic carbocycles. The minimum atomic E-state index is -1.30. The fourth-order valence-corrected chi connectivity index (χ4v) is 2.55. The standard InChI is InChI=1S/C16H19NO6/c1-5-16(6-2)14(19)17(23-15(16)20)13(18)11-8-7-10(21-3)9-12(11)22-4/h7-9H,5-6H2,1-4H3. The van der Waals surface area contributed by atoms with Crippen molar-refractivity contribution in [1.82, 2.24) is 5.06 Å². The molecule has 0 bridgehead atoms. The van der Waals surface area contributed by atoms with Crippen molar-refractivity contribution in [2.75, 3.05) is 14.2 Å². The molecule has 124 valence electrons. The number of nitrogens with zero attached hydrogens (tertiary/aromatic N) is 1. The van der Waals surface area contributed by atoms with E-state index in [0.717, 1.165) is 0 Å². The molecule has 0 aromatic heterocycles. The van der Waals surface area contributed by atoms with E-state index in [2.05, 4.69) is 0 Å². The highest BCUT2D eigenvalue weighted by atomic mass is 16.7. The van der Waals surface area contributed by atoms with Crippen molar-refractivity contribution in [2.45, 2.75) is 26.7 Å². The van der Waals surface area contributed by atoms with Gasteiger partial charge in [0.15, 0.2) is 5.41 Å². The lowest BCUT2D eigenvalue weighted by Crippen LogP contribution is -2.38. The van der Waals surface area contributed by atoms with Crippen LogP contribution in [0.5, 0.6) is 11.5 Å². The molecule has 1 aliphatic rings. The Labute approximate surface area is 134 Å². The molecule has 0 unspecified atom stereocenters. The van der Waals surface area contributed by atoms with Crippen molar-refractivity contribution >= 4 is 17.8 Å². The topological polar surface area (TPSA) is 82.1 Å². The number of carbonyl (C=O) groups excluding carboxylic acids is 3. The number of hydroxylamine groups is 2. The number of rotatable bonds is 5. The summed E-state index contributed by atoms with van der Waals surface area (Å²) in [6, 6.07) is 4.53. The zero-order valence-corrected chi connectivity index (χ0v) is 13.5. The van der Waals surface area contributed by atoms with Gasteiger partial charge >= 0.3 is 5.97 Å². The average Bonchev–Trinajstić information content (AvgIpc) is 2.84. The average molecular weight is 321 g/mol. The first-order valence-corrected chi connectivity index (χ1v) is 7.28. The van der Waals surface area contributed by atoms with Crippen LogP contribution in [0.3, 0.4) is 0 Å². The van der Waals surface area contributed by atoms with Gasteiger partial charge in [-0.1, -0.05) is 18.9 Å². The minimum Gasteiger partial charge on any atom is -0.497 e. The highest BCUT2D eigenvalue weighted by Gasteiger charge is 2.56. The third-order valence-electron chi connectivity index (χ3n) is 4.19. The Morgan fingerprint density at radius 3 is 2.30 bits per heavy atom. The molecule has 0 radical (unpaired) electrons. The molecule has 1 saturated heterocycles. The second-order valence-electron chi connectivity index (χ2n) is 5.14. The molecule has 7 heteroatoms.